The smallest absolute Gasteiger partial charge is 0.207 e. The third kappa shape index (κ3) is 2.72. The zero-order chi connectivity index (χ0) is 18.7. The van der Waals surface area contributed by atoms with Crippen LogP contribution in [0.5, 0.6) is 0 Å². The van der Waals surface area contributed by atoms with Crippen molar-refractivity contribution in [3.8, 4) is 0 Å². The molecule has 2 fully saturated rings. The summed E-state index contributed by atoms with van der Waals surface area (Å²) in [6, 6.07) is 0.729. The molecule has 5 atom stereocenters. The summed E-state index contributed by atoms with van der Waals surface area (Å²) in [5.74, 6) is 2.67. The molecule has 0 aromatic carbocycles. The maximum atomic E-state index is 10.0. The Bertz CT molecular complexity index is 730. The number of aliphatic hydroxyl groups excluding tert-OH is 1. The molecule has 2 heterocycles. The number of nitrogens with one attached hydrogen (secondary N) is 1. The highest BCUT2D eigenvalue weighted by Gasteiger charge is 2.47. The van der Waals surface area contributed by atoms with Crippen molar-refractivity contribution in [3.05, 3.63) is 5.69 Å². The maximum Gasteiger partial charge on any atom is 0.207 e. The van der Waals surface area contributed by atoms with Gasteiger partial charge in [0.15, 0.2) is 5.82 Å². The minimum Gasteiger partial charge on any atom is -0.393 e. The van der Waals surface area contributed by atoms with Gasteiger partial charge < -0.3 is 14.9 Å². The summed E-state index contributed by atoms with van der Waals surface area (Å²) in [6.07, 6.45) is 2.82. The molecule has 2 saturated carbocycles. The van der Waals surface area contributed by atoms with Crippen LogP contribution in [0.2, 0.25) is 0 Å². The van der Waals surface area contributed by atoms with Gasteiger partial charge in [-0.2, -0.15) is 4.99 Å². The third-order valence-electron chi connectivity index (χ3n) is 6.48. The summed E-state index contributed by atoms with van der Waals surface area (Å²) in [7, 11) is 5.99. The molecule has 1 aromatic heterocycles. The number of amidine groups is 1. The Labute approximate surface area is 160 Å². The lowest BCUT2D eigenvalue weighted by Gasteiger charge is -2.36. The summed E-state index contributed by atoms with van der Waals surface area (Å²) >= 11 is 6.44. The van der Waals surface area contributed by atoms with Gasteiger partial charge in [0, 0.05) is 33.2 Å². The molecule has 5 unspecified atom stereocenters. The van der Waals surface area contributed by atoms with Crippen molar-refractivity contribution in [1.82, 2.24) is 19.8 Å². The molecule has 144 valence electrons. The second kappa shape index (κ2) is 6.39. The van der Waals surface area contributed by atoms with Gasteiger partial charge in [-0.1, -0.05) is 0 Å². The first-order valence-electron chi connectivity index (χ1n) is 9.48. The van der Waals surface area contributed by atoms with Gasteiger partial charge in [0.05, 0.1) is 6.10 Å². The van der Waals surface area contributed by atoms with Crippen LogP contribution in [0.1, 0.15) is 45.0 Å². The third-order valence-corrected chi connectivity index (χ3v) is 6.84. The van der Waals surface area contributed by atoms with Crippen molar-refractivity contribution >= 4 is 28.7 Å². The molecule has 3 aliphatic rings. The van der Waals surface area contributed by atoms with Crippen LogP contribution in [0.15, 0.2) is 4.99 Å². The molecule has 7 nitrogen and oxygen atoms in total. The first-order chi connectivity index (χ1) is 12.3. The molecule has 2 bridgehead atoms. The van der Waals surface area contributed by atoms with Crippen molar-refractivity contribution in [2.24, 2.45) is 23.9 Å². The molecule has 2 aliphatic carbocycles. The predicted molar refractivity (Wildman–Crippen MR) is 104 cm³/mol. The summed E-state index contributed by atoms with van der Waals surface area (Å²) in [5.41, 5.74) is 0.922. The lowest BCUT2D eigenvalue weighted by Crippen LogP contribution is -2.47. The molecule has 26 heavy (non-hydrogen) atoms. The van der Waals surface area contributed by atoms with E-state index in [0.717, 1.165) is 36.7 Å². The maximum absolute atomic E-state index is 10.0. The van der Waals surface area contributed by atoms with E-state index in [9.17, 15) is 5.11 Å². The van der Waals surface area contributed by atoms with Gasteiger partial charge in [-0.25, -0.2) is 4.98 Å². The van der Waals surface area contributed by atoms with Crippen molar-refractivity contribution in [1.29, 1.82) is 0 Å². The number of aliphatic imine (C=N–C) groups is 1. The fourth-order valence-electron chi connectivity index (χ4n) is 4.66. The Morgan fingerprint density at radius 3 is 2.54 bits per heavy atom. The Balaban J connectivity index is 1.64. The minimum absolute atomic E-state index is 0.1000. The van der Waals surface area contributed by atoms with E-state index < -0.39 is 0 Å². The van der Waals surface area contributed by atoms with Crippen LogP contribution in [-0.4, -0.2) is 57.1 Å². The van der Waals surface area contributed by atoms with Gasteiger partial charge in [0.2, 0.25) is 11.2 Å². The minimum atomic E-state index is -0.121. The number of imidazole rings is 1. The number of aromatic nitrogens is 2. The van der Waals surface area contributed by atoms with E-state index in [2.05, 4.69) is 29.1 Å². The van der Waals surface area contributed by atoms with Crippen molar-refractivity contribution in [2.45, 2.75) is 57.5 Å². The molecule has 0 spiro atoms. The normalized spacial score (nSPS) is 33.0. The lowest BCUT2D eigenvalue weighted by atomic mass is 9.93. The van der Waals surface area contributed by atoms with E-state index >= 15 is 0 Å². The Morgan fingerprint density at radius 1 is 1.23 bits per heavy atom. The van der Waals surface area contributed by atoms with Crippen LogP contribution < -0.4 is 10.2 Å². The summed E-state index contributed by atoms with van der Waals surface area (Å²) in [5, 5.41) is 14.3. The predicted octanol–water partition coefficient (Wildman–Crippen LogP) is 2.18. The van der Waals surface area contributed by atoms with Crippen LogP contribution in [0.25, 0.3) is 0 Å². The van der Waals surface area contributed by atoms with Gasteiger partial charge in [-0.3, -0.25) is 9.88 Å². The largest absolute Gasteiger partial charge is 0.393 e. The Kier molecular flexibility index (Phi) is 4.44. The van der Waals surface area contributed by atoms with Gasteiger partial charge >= 0.3 is 0 Å². The highest BCUT2D eigenvalue weighted by Crippen LogP contribution is 2.46. The molecule has 2 N–H and O–H groups in total. The fraction of sp³-hybridized carbons (Fsp3) is 0.778. The summed E-state index contributed by atoms with van der Waals surface area (Å²) in [6.45, 7) is 4.29. The van der Waals surface area contributed by atoms with Crippen LogP contribution in [0.3, 0.4) is 0 Å². The number of aliphatic hydroxyl groups is 1. The summed E-state index contributed by atoms with van der Waals surface area (Å²) in [4.78, 5) is 13.6. The highest BCUT2D eigenvalue weighted by molar-refractivity contribution is 6.64. The number of hydrogen-bond acceptors (Lipinski definition) is 6. The van der Waals surface area contributed by atoms with Gasteiger partial charge in [-0.05, 0) is 56.5 Å². The molecule has 1 aromatic rings. The molecule has 1 aliphatic heterocycles. The zero-order valence-corrected chi connectivity index (χ0v) is 16.9. The first-order valence-corrected chi connectivity index (χ1v) is 9.86. The van der Waals surface area contributed by atoms with Crippen molar-refractivity contribution in [2.75, 3.05) is 19.0 Å². The molecular formula is C18H29ClN6O. The molecule has 4 rings (SSSR count). The van der Waals surface area contributed by atoms with E-state index in [1.54, 1.807) is 0 Å². The average Bonchev–Trinajstić information content (AvgIpc) is 3.24. The van der Waals surface area contributed by atoms with Gasteiger partial charge in [0.25, 0.3) is 0 Å². The van der Waals surface area contributed by atoms with E-state index in [1.807, 2.05) is 30.6 Å². The number of halogens is 1. The van der Waals surface area contributed by atoms with Gasteiger partial charge in [0.1, 0.15) is 11.9 Å². The number of nitrogens with zero attached hydrogens (tertiary/aromatic N) is 5. The number of anilines is 1. The van der Waals surface area contributed by atoms with Crippen molar-refractivity contribution in [3.63, 3.8) is 0 Å². The first kappa shape index (κ1) is 18.1. The number of rotatable bonds is 4. The molecule has 0 saturated heterocycles. The van der Waals surface area contributed by atoms with E-state index in [0.29, 0.717) is 29.2 Å². The van der Waals surface area contributed by atoms with Crippen LogP contribution in [0, 0.1) is 11.8 Å². The SMILES string of the molecule is CC(C)N(C)c1nc2c(n1C)N=C(Cl)N(C)C2NC1CC2CC1CC2O. The lowest BCUT2D eigenvalue weighted by molar-refractivity contribution is 0.0953. The average molecular weight is 381 g/mol. The van der Waals surface area contributed by atoms with E-state index in [4.69, 9.17) is 16.6 Å². The quantitative estimate of drug-likeness (QED) is 0.783. The molecule has 0 radical (unpaired) electrons. The fourth-order valence-corrected chi connectivity index (χ4v) is 4.84. The second-order valence-electron chi connectivity index (χ2n) is 8.35. The standard InChI is InChI=1S/C18H29ClN6O/c1-9(2)23(3)18-21-14-15(24(4)17(19)22-16(14)25(18)5)20-12-7-11-6-10(12)8-13(11)26/h9-13,15,20,26H,6-8H2,1-5H3. The molecular weight excluding hydrogens is 352 g/mol. The van der Waals surface area contributed by atoms with Crippen molar-refractivity contribution < 1.29 is 5.11 Å². The monoisotopic (exact) mass is 380 g/mol. The Morgan fingerprint density at radius 2 is 1.96 bits per heavy atom. The van der Waals surface area contributed by atoms with Gasteiger partial charge in [-0.15, -0.1) is 0 Å². The van der Waals surface area contributed by atoms with Crippen LogP contribution in [0.4, 0.5) is 11.8 Å². The second-order valence-corrected chi connectivity index (χ2v) is 8.68. The highest BCUT2D eigenvalue weighted by atomic mass is 35.5. The van der Waals surface area contributed by atoms with Crippen LogP contribution >= 0.6 is 11.6 Å². The summed E-state index contributed by atoms with van der Waals surface area (Å²) < 4.78 is 2.02. The molecule has 0 amide bonds. The Hall–Kier alpha value is -1.31. The topological polar surface area (TPSA) is 68.9 Å². The van der Waals surface area contributed by atoms with Crippen LogP contribution in [-0.2, 0) is 7.05 Å². The zero-order valence-electron chi connectivity index (χ0n) is 16.1. The number of fused-ring (bicyclic) bond motifs is 3. The van der Waals surface area contributed by atoms with E-state index in [-0.39, 0.29) is 12.3 Å². The molecule has 8 heteroatoms. The number of hydrogen-bond donors (Lipinski definition) is 2. The van der Waals surface area contributed by atoms with E-state index in [1.165, 1.54) is 0 Å².